The van der Waals surface area contributed by atoms with Crippen molar-refractivity contribution in [3.8, 4) is 5.75 Å². The summed E-state index contributed by atoms with van der Waals surface area (Å²) in [6.07, 6.45) is 0.924. The Labute approximate surface area is 154 Å². The van der Waals surface area contributed by atoms with Crippen LogP contribution in [0.1, 0.15) is 6.42 Å². The molecule has 4 aromatic rings. The fourth-order valence-electron chi connectivity index (χ4n) is 2.65. The summed E-state index contributed by atoms with van der Waals surface area (Å²) in [5.41, 5.74) is 2.00. The van der Waals surface area contributed by atoms with Gasteiger partial charge in [0.25, 0.3) is 0 Å². The molecule has 2 aromatic heterocycles. The van der Waals surface area contributed by atoms with Crippen LogP contribution >= 0.6 is 23.4 Å². The summed E-state index contributed by atoms with van der Waals surface area (Å²) in [4.78, 5) is 0. The van der Waals surface area contributed by atoms with Crippen LogP contribution in [-0.2, 0) is 0 Å². The summed E-state index contributed by atoms with van der Waals surface area (Å²) in [7, 11) is 0. The monoisotopic (exact) mass is 369 g/mol. The van der Waals surface area contributed by atoms with Crippen molar-refractivity contribution in [3.63, 3.8) is 0 Å². The van der Waals surface area contributed by atoms with Gasteiger partial charge in [0, 0.05) is 10.8 Å². The fourth-order valence-corrected chi connectivity index (χ4v) is 3.64. The predicted octanol–water partition coefficient (Wildman–Crippen LogP) is 5.10. The highest BCUT2D eigenvalue weighted by molar-refractivity contribution is 7.99. The van der Waals surface area contributed by atoms with Crippen LogP contribution in [-0.4, -0.2) is 27.0 Å². The van der Waals surface area contributed by atoms with Crippen LogP contribution in [0.15, 0.2) is 65.8 Å². The van der Waals surface area contributed by atoms with E-state index in [1.165, 1.54) is 5.39 Å². The molecule has 0 aliphatic carbocycles. The maximum absolute atomic E-state index is 5.87. The molecular weight excluding hydrogens is 354 g/mol. The molecule has 0 amide bonds. The number of hydrogen-bond acceptors (Lipinski definition) is 4. The van der Waals surface area contributed by atoms with Gasteiger partial charge in [-0.05, 0) is 54.3 Å². The van der Waals surface area contributed by atoms with Crippen molar-refractivity contribution >= 4 is 39.9 Å². The van der Waals surface area contributed by atoms with Crippen LogP contribution in [0.5, 0.6) is 5.75 Å². The van der Waals surface area contributed by atoms with Gasteiger partial charge in [-0.2, -0.15) is 0 Å². The van der Waals surface area contributed by atoms with Gasteiger partial charge >= 0.3 is 0 Å². The van der Waals surface area contributed by atoms with Crippen LogP contribution < -0.4 is 4.74 Å². The molecule has 0 atom stereocenters. The molecule has 6 heteroatoms. The lowest BCUT2D eigenvalue weighted by atomic mass is 10.2. The van der Waals surface area contributed by atoms with Crippen molar-refractivity contribution in [2.45, 2.75) is 11.6 Å². The minimum Gasteiger partial charge on any atom is -0.494 e. The number of ether oxygens (including phenoxy) is 1. The Balaban J connectivity index is 1.40. The molecule has 2 heterocycles. The van der Waals surface area contributed by atoms with Crippen molar-refractivity contribution in [1.29, 1.82) is 0 Å². The number of thioether (sulfide) groups is 1. The normalized spacial score (nSPS) is 11.2. The molecule has 4 rings (SSSR count). The summed E-state index contributed by atoms with van der Waals surface area (Å²) in [5, 5.41) is 11.4. The average Bonchev–Trinajstić information content (AvgIpc) is 3.07. The number of benzene rings is 2. The highest BCUT2D eigenvalue weighted by Gasteiger charge is 2.09. The largest absolute Gasteiger partial charge is 0.494 e. The van der Waals surface area contributed by atoms with Gasteiger partial charge in [0.2, 0.25) is 0 Å². The average molecular weight is 370 g/mol. The topological polar surface area (TPSA) is 39.4 Å². The van der Waals surface area contributed by atoms with E-state index in [2.05, 4.69) is 32.8 Å². The van der Waals surface area contributed by atoms with E-state index in [-0.39, 0.29) is 0 Å². The number of pyridine rings is 1. The van der Waals surface area contributed by atoms with E-state index in [9.17, 15) is 0 Å². The predicted molar refractivity (Wildman–Crippen MR) is 103 cm³/mol. The Morgan fingerprint density at radius 3 is 2.68 bits per heavy atom. The van der Waals surface area contributed by atoms with E-state index in [0.29, 0.717) is 11.6 Å². The van der Waals surface area contributed by atoms with Crippen LogP contribution in [0.4, 0.5) is 0 Å². The Morgan fingerprint density at radius 2 is 1.80 bits per heavy atom. The Morgan fingerprint density at radius 1 is 0.960 bits per heavy atom. The molecule has 126 valence electrons. The molecule has 0 aliphatic rings. The van der Waals surface area contributed by atoms with Crippen molar-refractivity contribution in [2.24, 2.45) is 0 Å². The van der Waals surface area contributed by atoms with Gasteiger partial charge in [0.1, 0.15) is 5.75 Å². The molecule has 0 radical (unpaired) electrons. The fraction of sp³-hybridized carbons (Fsp3) is 0.158. The van der Waals surface area contributed by atoms with Crippen LogP contribution in [0, 0.1) is 0 Å². The van der Waals surface area contributed by atoms with Gasteiger partial charge < -0.3 is 4.74 Å². The molecule has 0 spiro atoms. The standard InChI is InChI=1S/C19H16ClN3OS/c20-15-7-9-16(10-8-15)24-12-3-13-25-19-22-21-18-11-6-14-4-1-2-5-17(14)23(18)19/h1-2,4-11H,3,12-13H2. The Hall–Kier alpha value is -2.24. The third-order valence-corrected chi connectivity index (χ3v) is 5.12. The smallest absolute Gasteiger partial charge is 0.196 e. The molecular formula is C19H16ClN3OS. The summed E-state index contributed by atoms with van der Waals surface area (Å²) in [6, 6.07) is 19.8. The zero-order chi connectivity index (χ0) is 17.1. The first-order valence-electron chi connectivity index (χ1n) is 8.05. The van der Waals surface area contributed by atoms with E-state index in [1.54, 1.807) is 11.8 Å². The molecule has 0 saturated carbocycles. The molecule has 0 fully saturated rings. The first-order chi connectivity index (χ1) is 12.3. The molecule has 0 N–H and O–H groups in total. The number of hydrogen-bond donors (Lipinski definition) is 0. The van der Waals surface area contributed by atoms with Crippen molar-refractivity contribution in [3.05, 3.63) is 65.7 Å². The van der Waals surface area contributed by atoms with Gasteiger partial charge in [-0.3, -0.25) is 4.40 Å². The molecule has 0 aliphatic heterocycles. The summed E-state index contributed by atoms with van der Waals surface area (Å²) in [5.74, 6) is 1.76. The molecule has 4 nitrogen and oxygen atoms in total. The lowest BCUT2D eigenvalue weighted by molar-refractivity contribution is 0.318. The Bertz CT molecular complexity index is 1000. The van der Waals surface area contributed by atoms with Crippen molar-refractivity contribution in [2.75, 3.05) is 12.4 Å². The van der Waals surface area contributed by atoms with Crippen molar-refractivity contribution in [1.82, 2.24) is 14.6 Å². The van der Waals surface area contributed by atoms with E-state index >= 15 is 0 Å². The van der Waals surface area contributed by atoms with Gasteiger partial charge in [-0.25, -0.2) is 0 Å². The SMILES string of the molecule is Clc1ccc(OCCCSc2nnc3ccc4ccccc4n23)cc1. The highest BCUT2D eigenvalue weighted by atomic mass is 35.5. The van der Waals surface area contributed by atoms with Crippen LogP contribution in [0.25, 0.3) is 16.6 Å². The summed E-state index contributed by atoms with van der Waals surface area (Å²) < 4.78 is 7.83. The van der Waals surface area contributed by atoms with Gasteiger partial charge in [0.15, 0.2) is 10.8 Å². The lowest BCUT2D eigenvalue weighted by Gasteiger charge is -2.06. The third-order valence-electron chi connectivity index (χ3n) is 3.85. The zero-order valence-electron chi connectivity index (χ0n) is 13.4. The quantitative estimate of drug-likeness (QED) is 0.350. The van der Waals surface area contributed by atoms with E-state index in [1.807, 2.05) is 42.5 Å². The zero-order valence-corrected chi connectivity index (χ0v) is 15.0. The van der Waals surface area contributed by atoms with Gasteiger partial charge in [0.05, 0.1) is 12.1 Å². The second-order valence-corrected chi connectivity index (χ2v) is 7.07. The summed E-state index contributed by atoms with van der Waals surface area (Å²) in [6.45, 7) is 0.659. The van der Waals surface area contributed by atoms with Gasteiger partial charge in [-0.15, -0.1) is 10.2 Å². The number of halogens is 1. The molecule has 2 aromatic carbocycles. The number of rotatable bonds is 6. The van der Waals surface area contributed by atoms with Crippen LogP contribution in [0.2, 0.25) is 5.02 Å². The number of fused-ring (bicyclic) bond motifs is 3. The van der Waals surface area contributed by atoms with Gasteiger partial charge in [-0.1, -0.05) is 41.6 Å². The minimum absolute atomic E-state index is 0.659. The highest BCUT2D eigenvalue weighted by Crippen LogP contribution is 2.23. The maximum atomic E-state index is 5.87. The van der Waals surface area contributed by atoms with Crippen LogP contribution in [0.3, 0.4) is 0 Å². The third kappa shape index (κ3) is 3.57. The summed E-state index contributed by atoms with van der Waals surface area (Å²) >= 11 is 7.56. The number of para-hydroxylation sites is 1. The van der Waals surface area contributed by atoms with Crippen molar-refractivity contribution < 1.29 is 4.74 Å². The van der Waals surface area contributed by atoms with E-state index in [0.717, 1.165) is 34.2 Å². The maximum Gasteiger partial charge on any atom is 0.196 e. The molecule has 0 unspecified atom stereocenters. The second-order valence-electron chi connectivity index (χ2n) is 5.57. The first kappa shape index (κ1) is 16.2. The van der Waals surface area contributed by atoms with E-state index < -0.39 is 0 Å². The number of aromatic nitrogens is 3. The Kier molecular flexibility index (Phi) is 4.76. The minimum atomic E-state index is 0.659. The number of nitrogens with zero attached hydrogens (tertiary/aromatic N) is 3. The molecule has 25 heavy (non-hydrogen) atoms. The second kappa shape index (κ2) is 7.33. The lowest BCUT2D eigenvalue weighted by Crippen LogP contribution is -1.99. The first-order valence-corrected chi connectivity index (χ1v) is 9.42. The molecule has 0 bridgehead atoms. The molecule has 0 saturated heterocycles. The van der Waals surface area contributed by atoms with E-state index in [4.69, 9.17) is 16.3 Å².